The van der Waals surface area contributed by atoms with E-state index in [-0.39, 0.29) is 5.82 Å². The topological polar surface area (TPSA) is 20.2 Å². The van der Waals surface area contributed by atoms with Crippen LogP contribution in [0, 0.1) is 12.7 Å². The quantitative estimate of drug-likeness (QED) is 0.876. The van der Waals surface area contributed by atoms with E-state index in [1.54, 1.807) is 19.1 Å². The normalized spacial score (nSPS) is 12.9. The molecule has 0 heterocycles. The molecule has 0 aliphatic carbocycles. The largest absolute Gasteiger partial charge is 0.388 e. The highest BCUT2D eigenvalue weighted by Gasteiger charge is 2.14. The first-order valence-corrected chi connectivity index (χ1v) is 5.99. The van der Waals surface area contributed by atoms with Crippen LogP contribution in [0.1, 0.15) is 43.4 Å². The van der Waals surface area contributed by atoms with Gasteiger partial charge in [-0.2, -0.15) is 0 Å². The van der Waals surface area contributed by atoms with Gasteiger partial charge in [-0.15, -0.1) is 0 Å². The molecule has 1 aromatic rings. The van der Waals surface area contributed by atoms with Gasteiger partial charge < -0.3 is 5.11 Å². The SMILES string of the molecule is CCCCC(O)c1cc(Br)cc(C)c1F. The van der Waals surface area contributed by atoms with Crippen molar-refractivity contribution in [3.63, 3.8) is 0 Å². The Balaban J connectivity index is 2.92. The third-order valence-electron chi connectivity index (χ3n) is 2.44. The van der Waals surface area contributed by atoms with Crippen molar-refractivity contribution in [2.24, 2.45) is 0 Å². The van der Waals surface area contributed by atoms with E-state index in [0.29, 0.717) is 17.5 Å². The zero-order valence-electron chi connectivity index (χ0n) is 9.06. The zero-order chi connectivity index (χ0) is 11.4. The maximum atomic E-state index is 13.7. The molecular weight excluding hydrogens is 259 g/mol. The summed E-state index contributed by atoms with van der Waals surface area (Å²) in [6, 6.07) is 3.37. The van der Waals surface area contributed by atoms with Gasteiger partial charge >= 0.3 is 0 Å². The molecular formula is C12H16BrFO. The molecule has 0 aliphatic heterocycles. The molecule has 0 radical (unpaired) electrons. The number of aliphatic hydroxyl groups excluding tert-OH is 1. The third-order valence-corrected chi connectivity index (χ3v) is 2.90. The van der Waals surface area contributed by atoms with Crippen molar-refractivity contribution < 1.29 is 9.50 Å². The van der Waals surface area contributed by atoms with Gasteiger partial charge in [0.05, 0.1) is 6.10 Å². The van der Waals surface area contributed by atoms with Crippen molar-refractivity contribution in [1.82, 2.24) is 0 Å². The van der Waals surface area contributed by atoms with Crippen LogP contribution in [0.3, 0.4) is 0 Å². The average molecular weight is 275 g/mol. The van der Waals surface area contributed by atoms with Crippen LogP contribution >= 0.6 is 15.9 Å². The molecule has 1 rings (SSSR count). The van der Waals surface area contributed by atoms with Crippen molar-refractivity contribution in [3.8, 4) is 0 Å². The highest BCUT2D eigenvalue weighted by Crippen LogP contribution is 2.27. The number of benzene rings is 1. The van der Waals surface area contributed by atoms with E-state index < -0.39 is 6.10 Å². The molecule has 0 aliphatic rings. The molecule has 15 heavy (non-hydrogen) atoms. The lowest BCUT2D eigenvalue weighted by Crippen LogP contribution is -2.02. The number of aliphatic hydroxyl groups is 1. The van der Waals surface area contributed by atoms with Crippen LogP contribution in [0.4, 0.5) is 4.39 Å². The van der Waals surface area contributed by atoms with Crippen LogP contribution < -0.4 is 0 Å². The molecule has 1 nitrogen and oxygen atoms in total. The van der Waals surface area contributed by atoms with E-state index in [0.717, 1.165) is 17.3 Å². The maximum Gasteiger partial charge on any atom is 0.131 e. The van der Waals surface area contributed by atoms with Crippen molar-refractivity contribution in [3.05, 3.63) is 33.5 Å². The van der Waals surface area contributed by atoms with E-state index in [2.05, 4.69) is 22.9 Å². The number of hydrogen-bond acceptors (Lipinski definition) is 1. The van der Waals surface area contributed by atoms with Gasteiger partial charge in [-0.1, -0.05) is 35.7 Å². The smallest absolute Gasteiger partial charge is 0.131 e. The van der Waals surface area contributed by atoms with Gasteiger partial charge in [0, 0.05) is 10.0 Å². The van der Waals surface area contributed by atoms with E-state index >= 15 is 0 Å². The van der Waals surface area contributed by atoms with Gasteiger partial charge in [-0.05, 0) is 31.0 Å². The second-order valence-corrected chi connectivity index (χ2v) is 4.70. The molecule has 0 fully saturated rings. The van der Waals surface area contributed by atoms with Crippen LogP contribution in [-0.2, 0) is 0 Å². The van der Waals surface area contributed by atoms with Crippen molar-refractivity contribution in [1.29, 1.82) is 0 Å². The molecule has 3 heteroatoms. The molecule has 1 atom stereocenters. The van der Waals surface area contributed by atoms with E-state index in [9.17, 15) is 9.50 Å². The fourth-order valence-electron chi connectivity index (χ4n) is 1.55. The summed E-state index contributed by atoms with van der Waals surface area (Å²) < 4.78 is 14.5. The van der Waals surface area contributed by atoms with Crippen LogP contribution in [0.5, 0.6) is 0 Å². The van der Waals surface area contributed by atoms with Gasteiger partial charge in [-0.3, -0.25) is 0 Å². The molecule has 0 amide bonds. The van der Waals surface area contributed by atoms with Gasteiger partial charge in [0.25, 0.3) is 0 Å². The van der Waals surface area contributed by atoms with E-state index in [1.165, 1.54) is 0 Å². The number of halogens is 2. The second-order valence-electron chi connectivity index (χ2n) is 3.78. The predicted octanol–water partition coefficient (Wildman–Crippen LogP) is 4.12. The maximum absolute atomic E-state index is 13.7. The standard InChI is InChI=1S/C12H16BrFO/c1-3-4-5-11(15)10-7-9(13)6-8(2)12(10)14/h6-7,11,15H,3-5H2,1-2H3. The first kappa shape index (κ1) is 12.7. The molecule has 0 spiro atoms. The Morgan fingerprint density at radius 3 is 2.73 bits per heavy atom. The van der Waals surface area contributed by atoms with Crippen LogP contribution in [0.15, 0.2) is 16.6 Å². The summed E-state index contributed by atoms with van der Waals surface area (Å²) in [6.07, 6.45) is 1.84. The van der Waals surface area contributed by atoms with Crippen LogP contribution in [0.2, 0.25) is 0 Å². The van der Waals surface area contributed by atoms with E-state index in [1.807, 2.05) is 0 Å². The summed E-state index contributed by atoms with van der Waals surface area (Å²) in [6.45, 7) is 3.76. The fraction of sp³-hybridized carbons (Fsp3) is 0.500. The molecule has 1 unspecified atom stereocenters. The lowest BCUT2D eigenvalue weighted by atomic mass is 10.0. The zero-order valence-corrected chi connectivity index (χ0v) is 10.6. The predicted molar refractivity (Wildman–Crippen MR) is 63.3 cm³/mol. The number of aryl methyl sites for hydroxylation is 1. The Labute approximate surface area is 98.4 Å². The summed E-state index contributed by atoms with van der Waals surface area (Å²) in [5, 5.41) is 9.82. The van der Waals surface area contributed by atoms with Crippen molar-refractivity contribution in [2.75, 3.05) is 0 Å². The lowest BCUT2D eigenvalue weighted by Gasteiger charge is -2.13. The molecule has 1 N–H and O–H groups in total. The molecule has 0 aromatic heterocycles. The molecule has 84 valence electrons. The minimum absolute atomic E-state index is 0.290. The monoisotopic (exact) mass is 274 g/mol. The van der Waals surface area contributed by atoms with Gasteiger partial charge in [-0.25, -0.2) is 4.39 Å². The van der Waals surface area contributed by atoms with Crippen LogP contribution in [-0.4, -0.2) is 5.11 Å². The first-order chi connectivity index (χ1) is 7.06. The molecule has 0 saturated carbocycles. The lowest BCUT2D eigenvalue weighted by molar-refractivity contribution is 0.159. The Kier molecular flexibility index (Phi) is 4.74. The minimum Gasteiger partial charge on any atom is -0.388 e. The van der Waals surface area contributed by atoms with E-state index in [4.69, 9.17) is 0 Å². The molecule has 0 bridgehead atoms. The Hall–Kier alpha value is -0.410. The Morgan fingerprint density at radius 1 is 1.47 bits per heavy atom. The van der Waals surface area contributed by atoms with Gasteiger partial charge in [0.15, 0.2) is 0 Å². The summed E-state index contributed by atoms with van der Waals surface area (Å²) in [7, 11) is 0. The summed E-state index contributed by atoms with van der Waals surface area (Å²) in [4.78, 5) is 0. The Bertz CT molecular complexity index is 339. The van der Waals surface area contributed by atoms with Gasteiger partial charge in [0.1, 0.15) is 5.82 Å². The first-order valence-electron chi connectivity index (χ1n) is 5.19. The molecule has 1 aromatic carbocycles. The number of hydrogen-bond donors (Lipinski definition) is 1. The van der Waals surface area contributed by atoms with Crippen LogP contribution in [0.25, 0.3) is 0 Å². The third kappa shape index (κ3) is 3.28. The summed E-state index contributed by atoms with van der Waals surface area (Å²) in [5.41, 5.74) is 0.963. The van der Waals surface area contributed by atoms with Gasteiger partial charge in [0.2, 0.25) is 0 Å². The van der Waals surface area contributed by atoms with Crippen molar-refractivity contribution >= 4 is 15.9 Å². The Morgan fingerprint density at radius 2 is 2.13 bits per heavy atom. The second kappa shape index (κ2) is 5.61. The number of unbranched alkanes of at least 4 members (excludes halogenated alkanes) is 1. The average Bonchev–Trinajstić information content (AvgIpc) is 2.19. The number of rotatable bonds is 4. The molecule has 0 saturated heterocycles. The highest BCUT2D eigenvalue weighted by molar-refractivity contribution is 9.10. The summed E-state index contributed by atoms with van der Waals surface area (Å²) in [5.74, 6) is -0.290. The highest BCUT2D eigenvalue weighted by atomic mass is 79.9. The minimum atomic E-state index is -0.693. The summed E-state index contributed by atoms with van der Waals surface area (Å²) >= 11 is 3.31. The fourth-order valence-corrected chi connectivity index (χ4v) is 2.14. The van der Waals surface area contributed by atoms with Crippen molar-refractivity contribution in [2.45, 2.75) is 39.2 Å².